The first-order chi connectivity index (χ1) is 5.18. The van der Waals surface area contributed by atoms with Crippen LogP contribution in [0.3, 0.4) is 0 Å². The van der Waals surface area contributed by atoms with E-state index in [-0.39, 0.29) is 22.2 Å². The number of carbonyl (C=O) groups excluding carboxylic acids is 2. The van der Waals surface area contributed by atoms with Gasteiger partial charge in [0.1, 0.15) is 6.61 Å². The monoisotopic (exact) mass is 194 g/mol. The van der Waals surface area contributed by atoms with Crippen LogP contribution in [0, 0.1) is 0 Å². The Hall–Kier alpha value is -0.220. The molecule has 0 saturated carbocycles. The summed E-state index contributed by atoms with van der Waals surface area (Å²) in [4.78, 5) is 20.8. The van der Waals surface area contributed by atoms with Gasteiger partial charge in [-0.1, -0.05) is 0 Å². The van der Waals surface area contributed by atoms with E-state index >= 15 is 0 Å². The van der Waals surface area contributed by atoms with Crippen molar-refractivity contribution in [3.05, 3.63) is 0 Å². The predicted molar refractivity (Wildman–Crippen MR) is 42.7 cm³/mol. The summed E-state index contributed by atoms with van der Waals surface area (Å²) in [7, 11) is 0. The van der Waals surface area contributed by atoms with Crippen molar-refractivity contribution < 1.29 is 14.3 Å². The molecule has 0 N–H and O–H groups in total. The maximum absolute atomic E-state index is 10.5. The summed E-state index contributed by atoms with van der Waals surface area (Å²) >= 11 is 6.48. The van der Waals surface area contributed by atoms with Gasteiger partial charge in [0.25, 0.3) is 0 Å². The molecule has 0 aromatic rings. The summed E-state index contributed by atoms with van der Waals surface area (Å²) in [6.07, 6.45) is 0.398. The maximum atomic E-state index is 10.5. The molecule has 1 aliphatic rings. The van der Waals surface area contributed by atoms with Crippen LogP contribution in [0.4, 0.5) is 0 Å². The molecule has 1 unspecified atom stereocenters. The largest absolute Gasteiger partial charge is 0.464 e. The Kier molecular flexibility index (Phi) is 3.20. The highest BCUT2D eigenvalue weighted by atomic mass is 35.5. The second kappa shape index (κ2) is 3.97. The summed E-state index contributed by atoms with van der Waals surface area (Å²) in [5.41, 5.74) is 0. The standard InChI is InChI=1S/C6H7ClO3S/c7-5(8)3-11-4-1-6(9)10-2-4/h4H,1-3H2. The normalized spacial score (nSPS) is 23.4. The third-order valence-electron chi connectivity index (χ3n) is 1.26. The lowest BCUT2D eigenvalue weighted by Crippen LogP contribution is -2.04. The molecule has 0 aromatic carbocycles. The van der Waals surface area contributed by atoms with E-state index in [0.29, 0.717) is 13.0 Å². The fraction of sp³-hybridized carbons (Fsp3) is 0.667. The van der Waals surface area contributed by atoms with E-state index in [1.54, 1.807) is 0 Å². The highest BCUT2D eigenvalue weighted by molar-refractivity contribution is 8.00. The highest BCUT2D eigenvalue weighted by Crippen LogP contribution is 2.21. The zero-order valence-corrected chi connectivity index (χ0v) is 7.28. The third kappa shape index (κ3) is 3.12. The van der Waals surface area contributed by atoms with E-state index < -0.39 is 0 Å². The van der Waals surface area contributed by atoms with Crippen molar-refractivity contribution in [2.24, 2.45) is 0 Å². The number of hydrogen-bond acceptors (Lipinski definition) is 4. The first-order valence-electron chi connectivity index (χ1n) is 3.14. The van der Waals surface area contributed by atoms with Crippen LogP contribution in [0.25, 0.3) is 0 Å². The second-order valence-electron chi connectivity index (χ2n) is 2.18. The molecule has 1 saturated heterocycles. The van der Waals surface area contributed by atoms with Crippen molar-refractivity contribution in [3.63, 3.8) is 0 Å². The molecule has 1 fully saturated rings. The van der Waals surface area contributed by atoms with Crippen LogP contribution in [-0.2, 0) is 14.3 Å². The van der Waals surface area contributed by atoms with Gasteiger partial charge in [-0.05, 0) is 11.6 Å². The van der Waals surface area contributed by atoms with Gasteiger partial charge in [-0.15, -0.1) is 11.8 Å². The maximum Gasteiger partial charge on any atom is 0.307 e. The van der Waals surface area contributed by atoms with Crippen LogP contribution < -0.4 is 0 Å². The highest BCUT2D eigenvalue weighted by Gasteiger charge is 2.24. The van der Waals surface area contributed by atoms with Gasteiger partial charge in [0.05, 0.1) is 12.2 Å². The number of halogens is 1. The molecule has 5 heteroatoms. The molecule has 0 radical (unpaired) electrons. The number of esters is 1. The number of rotatable bonds is 3. The molecule has 0 aromatic heterocycles. The Bertz CT molecular complexity index is 183. The van der Waals surface area contributed by atoms with Crippen molar-refractivity contribution in [2.45, 2.75) is 11.7 Å². The van der Waals surface area contributed by atoms with Gasteiger partial charge in [-0.25, -0.2) is 0 Å². The van der Waals surface area contributed by atoms with Gasteiger partial charge in [-0.3, -0.25) is 9.59 Å². The molecule has 1 heterocycles. The fourth-order valence-corrected chi connectivity index (χ4v) is 1.75. The summed E-state index contributed by atoms with van der Waals surface area (Å²) in [6, 6.07) is 0. The van der Waals surface area contributed by atoms with Gasteiger partial charge in [-0.2, -0.15) is 0 Å². The topological polar surface area (TPSA) is 43.4 Å². The van der Waals surface area contributed by atoms with Gasteiger partial charge < -0.3 is 4.74 Å². The zero-order valence-electron chi connectivity index (χ0n) is 5.71. The van der Waals surface area contributed by atoms with Crippen LogP contribution in [0.15, 0.2) is 0 Å². The first-order valence-corrected chi connectivity index (χ1v) is 4.56. The van der Waals surface area contributed by atoms with Gasteiger partial charge in [0, 0.05) is 5.25 Å². The van der Waals surface area contributed by atoms with Crippen molar-refractivity contribution in [1.82, 2.24) is 0 Å². The minimum absolute atomic E-state index is 0.116. The Morgan fingerprint density at radius 3 is 3.00 bits per heavy atom. The van der Waals surface area contributed by atoms with E-state index in [9.17, 15) is 9.59 Å². The van der Waals surface area contributed by atoms with E-state index in [1.807, 2.05) is 0 Å². The van der Waals surface area contributed by atoms with Crippen LogP contribution in [0.2, 0.25) is 0 Å². The molecule has 11 heavy (non-hydrogen) atoms. The van der Waals surface area contributed by atoms with Crippen LogP contribution in [0.1, 0.15) is 6.42 Å². The molecule has 1 atom stereocenters. The van der Waals surface area contributed by atoms with Crippen molar-refractivity contribution >= 4 is 34.6 Å². The lowest BCUT2D eigenvalue weighted by molar-refractivity contribution is -0.137. The van der Waals surface area contributed by atoms with Crippen molar-refractivity contribution in [3.8, 4) is 0 Å². The molecular weight excluding hydrogens is 188 g/mol. The van der Waals surface area contributed by atoms with E-state index in [4.69, 9.17) is 11.6 Å². The van der Waals surface area contributed by atoms with Crippen LogP contribution >= 0.6 is 23.4 Å². The summed E-state index contributed by atoms with van der Waals surface area (Å²) < 4.78 is 4.68. The average molecular weight is 195 g/mol. The van der Waals surface area contributed by atoms with E-state index in [1.165, 1.54) is 11.8 Å². The van der Waals surface area contributed by atoms with Crippen molar-refractivity contribution in [1.29, 1.82) is 0 Å². The Labute approximate surface area is 73.4 Å². The van der Waals surface area contributed by atoms with Gasteiger partial charge in [0.15, 0.2) is 0 Å². The summed E-state index contributed by atoms with van der Waals surface area (Å²) in [5, 5.41) is -0.264. The SMILES string of the molecule is O=C(Cl)CSC1COC(=O)C1. The van der Waals surface area contributed by atoms with Crippen LogP contribution in [-0.4, -0.2) is 28.8 Å². The minimum Gasteiger partial charge on any atom is -0.464 e. The second-order valence-corrected chi connectivity index (χ2v) is 3.89. The van der Waals surface area contributed by atoms with E-state index in [2.05, 4.69) is 4.74 Å². The molecule has 0 bridgehead atoms. The van der Waals surface area contributed by atoms with Gasteiger partial charge >= 0.3 is 5.97 Å². The molecule has 1 rings (SSSR count). The number of cyclic esters (lactones) is 1. The fourth-order valence-electron chi connectivity index (χ4n) is 0.780. The minimum atomic E-state index is -0.380. The summed E-state index contributed by atoms with van der Waals surface area (Å²) in [6.45, 7) is 0.410. The zero-order chi connectivity index (χ0) is 8.27. The lowest BCUT2D eigenvalue weighted by Gasteiger charge is -2.00. The molecular formula is C6H7ClO3S. The molecule has 0 amide bonds. The van der Waals surface area contributed by atoms with E-state index in [0.717, 1.165) is 0 Å². The first kappa shape index (κ1) is 8.87. The molecule has 0 aliphatic carbocycles. The number of thioether (sulfide) groups is 1. The Balaban J connectivity index is 2.18. The van der Waals surface area contributed by atoms with Gasteiger partial charge in [0.2, 0.25) is 5.24 Å². The Morgan fingerprint density at radius 1 is 1.82 bits per heavy atom. The quantitative estimate of drug-likeness (QED) is 0.493. The van der Waals surface area contributed by atoms with Crippen LogP contribution in [0.5, 0.6) is 0 Å². The molecule has 1 aliphatic heterocycles. The Morgan fingerprint density at radius 2 is 2.55 bits per heavy atom. The summed E-state index contributed by atoms with van der Waals surface area (Å²) in [5.74, 6) is 0.0626. The third-order valence-corrected chi connectivity index (χ3v) is 2.75. The average Bonchev–Trinajstić information content (AvgIpc) is 2.31. The predicted octanol–water partition coefficient (Wildman–Crippen LogP) is 0.800. The molecule has 0 spiro atoms. The number of ether oxygens (including phenoxy) is 1. The number of hydrogen-bond donors (Lipinski definition) is 0. The smallest absolute Gasteiger partial charge is 0.307 e. The molecule has 62 valence electrons. The lowest BCUT2D eigenvalue weighted by atomic mass is 10.4. The van der Waals surface area contributed by atoms with Crippen molar-refractivity contribution in [2.75, 3.05) is 12.4 Å². The number of carbonyl (C=O) groups is 2. The molecule has 3 nitrogen and oxygen atoms in total.